The molecule has 0 amide bonds. The van der Waals surface area contributed by atoms with Crippen molar-refractivity contribution in [3.63, 3.8) is 0 Å². The van der Waals surface area contributed by atoms with Crippen molar-refractivity contribution in [1.82, 2.24) is 4.90 Å². The average Bonchev–Trinajstić information content (AvgIpc) is 3.07. The number of rotatable bonds is 0. The van der Waals surface area contributed by atoms with Crippen LogP contribution < -0.4 is 0 Å². The van der Waals surface area contributed by atoms with Crippen LogP contribution in [0.15, 0.2) is 12.2 Å². The Labute approximate surface area is 127 Å². The molecule has 3 heteroatoms. The molecule has 0 aromatic carbocycles. The quantitative estimate of drug-likeness (QED) is 0.640. The molecule has 5 aliphatic rings. The van der Waals surface area contributed by atoms with Crippen LogP contribution in [0, 0.1) is 17.8 Å². The molecule has 0 N–H and O–H groups in total. The van der Waals surface area contributed by atoms with Crippen molar-refractivity contribution < 1.29 is 9.47 Å². The third kappa shape index (κ3) is 1.55. The fourth-order valence-electron chi connectivity index (χ4n) is 5.94. The Kier molecular flexibility index (Phi) is 2.45. The molecule has 4 aliphatic heterocycles. The largest absolute Gasteiger partial charge is 0.362 e. The van der Waals surface area contributed by atoms with Crippen molar-refractivity contribution in [2.45, 2.75) is 76.0 Å². The molecule has 1 saturated carbocycles. The molecule has 4 fully saturated rings. The van der Waals surface area contributed by atoms with Crippen LogP contribution in [0.5, 0.6) is 0 Å². The topological polar surface area (TPSA) is 21.7 Å². The van der Waals surface area contributed by atoms with Crippen molar-refractivity contribution in [3.8, 4) is 0 Å². The van der Waals surface area contributed by atoms with Gasteiger partial charge < -0.3 is 9.47 Å². The molecule has 2 bridgehead atoms. The van der Waals surface area contributed by atoms with Gasteiger partial charge in [0.2, 0.25) is 0 Å². The average molecular weight is 289 g/mol. The summed E-state index contributed by atoms with van der Waals surface area (Å²) in [6.07, 6.45) is 10.8. The Morgan fingerprint density at radius 1 is 1.14 bits per heavy atom. The summed E-state index contributed by atoms with van der Waals surface area (Å²) < 4.78 is 13.0. The maximum Gasteiger partial charge on any atom is 0.117 e. The maximum atomic E-state index is 6.69. The monoisotopic (exact) mass is 289 g/mol. The highest BCUT2D eigenvalue weighted by atomic mass is 16.5. The van der Waals surface area contributed by atoms with Crippen molar-refractivity contribution in [2.75, 3.05) is 6.54 Å². The molecule has 0 unspecified atom stereocenters. The molecule has 4 heterocycles. The van der Waals surface area contributed by atoms with Crippen LogP contribution in [0.3, 0.4) is 0 Å². The molecule has 7 atom stereocenters. The Bertz CT molecular complexity index is 501. The number of hydrogen-bond donors (Lipinski definition) is 0. The minimum atomic E-state index is -0.0360. The van der Waals surface area contributed by atoms with Gasteiger partial charge in [-0.1, -0.05) is 25.5 Å². The van der Waals surface area contributed by atoms with Crippen molar-refractivity contribution in [3.05, 3.63) is 12.2 Å². The molecule has 3 nitrogen and oxygen atoms in total. The Balaban J connectivity index is 1.51. The summed E-state index contributed by atoms with van der Waals surface area (Å²) in [5.41, 5.74) is 0.202. The van der Waals surface area contributed by atoms with E-state index in [2.05, 4.69) is 37.8 Å². The first kappa shape index (κ1) is 13.1. The lowest BCUT2D eigenvalue weighted by Gasteiger charge is -2.56. The zero-order valence-electron chi connectivity index (χ0n) is 13.4. The SMILES string of the molecule is C[C@@H]1CC[C@@H]2[C@@H](C1)O[C@H]1[C@@H]3C[C@H]4C=C[C@@]3(CN1C2(C)C)O4. The van der Waals surface area contributed by atoms with Gasteiger partial charge in [-0.3, -0.25) is 4.90 Å². The lowest BCUT2D eigenvalue weighted by molar-refractivity contribution is -0.229. The summed E-state index contributed by atoms with van der Waals surface area (Å²) in [4.78, 5) is 2.64. The summed E-state index contributed by atoms with van der Waals surface area (Å²) in [5, 5.41) is 0. The van der Waals surface area contributed by atoms with Crippen LogP contribution in [0.2, 0.25) is 0 Å². The van der Waals surface area contributed by atoms with Gasteiger partial charge in [0.25, 0.3) is 0 Å². The third-order valence-electron chi connectivity index (χ3n) is 7.16. The lowest BCUT2D eigenvalue weighted by atomic mass is 9.70. The van der Waals surface area contributed by atoms with Crippen LogP contribution in [0.1, 0.15) is 46.5 Å². The van der Waals surface area contributed by atoms with Crippen molar-refractivity contribution in [2.24, 2.45) is 17.8 Å². The molecular weight excluding hydrogens is 262 g/mol. The smallest absolute Gasteiger partial charge is 0.117 e. The second-order valence-corrected chi connectivity index (χ2v) is 8.68. The highest BCUT2D eigenvalue weighted by Crippen LogP contribution is 2.57. The van der Waals surface area contributed by atoms with E-state index in [4.69, 9.17) is 9.47 Å². The Morgan fingerprint density at radius 3 is 2.81 bits per heavy atom. The molecule has 0 aromatic rings. The van der Waals surface area contributed by atoms with Crippen LogP contribution in [-0.2, 0) is 9.47 Å². The highest BCUT2D eigenvalue weighted by molar-refractivity contribution is 5.27. The van der Waals surface area contributed by atoms with E-state index in [1.807, 2.05) is 0 Å². The second kappa shape index (κ2) is 3.93. The normalized spacial score (nSPS) is 57.1. The van der Waals surface area contributed by atoms with Gasteiger partial charge in [-0.05, 0) is 39.0 Å². The van der Waals surface area contributed by atoms with Crippen LogP contribution in [0.25, 0.3) is 0 Å². The molecule has 116 valence electrons. The van der Waals surface area contributed by atoms with E-state index in [-0.39, 0.29) is 17.4 Å². The fraction of sp³-hybridized carbons (Fsp3) is 0.889. The zero-order valence-corrected chi connectivity index (χ0v) is 13.4. The molecule has 1 spiro atoms. The summed E-state index contributed by atoms with van der Waals surface area (Å²) in [7, 11) is 0. The summed E-state index contributed by atoms with van der Waals surface area (Å²) in [6.45, 7) is 8.31. The number of fused-ring (bicyclic) bond motifs is 4. The van der Waals surface area contributed by atoms with E-state index >= 15 is 0 Å². The van der Waals surface area contributed by atoms with Gasteiger partial charge in [-0.25, -0.2) is 0 Å². The minimum Gasteiger partial charge on any atom is -0.362 e. The first-order valence-electron chi connectivity index (χ1n) is 8.79. The minimum absolute atomic E-state index is 0.0360. The van der Waals surface area contributed by atoms with Gasteiger partial charge in [0.15, 0.2) is 0 Å². The fourth-order valence-corrected chi connectivity index (χ4v) is 5.94. The summed E-state index contributed by atoms with van der Waals surface area (Å²) in [6, 6.07) is 0. The molecule has 0 aromatic heterocycles. The predicted molar refractivity (Wildman–Crippen MR) is 80.8 cm³/mol. The second-order valence-electron chi connectivity index (χ2n) is 8.68. The number of hydrogen-bond acceptors (Lipinski definition) is 3. The zero-order chi connectivity index (χ0) is 14.4. The summed E-state index contributed by atoms with van der Waals surface area (Å²) in [5.74, 6) is 2.05. The molecule has 0 radical (unpaired) electrons. The lowest BCUT2D eigenvalue weighted by Crippen LogP contribution is -2.63. The van der Waals surface area contributed by atoms with Gasteiger partial charge in [0, 0.05) is 23.9 Å². The van der Waals surface area contributed by atoms with E-state index < -0.39 is 0 Å². The van der Waals surface area contributed by atoms with E-state index in [1.54, 1.807) is 0 Å². The van der Waals surface area contributed by atoms with E-state index in [0.717, 1.165) is 18.9 Å². The molecule has 1 aliphatic carbocycles. The van der Waals surface area contributed by atoms with E-state index in [0.29, 0.717) is 24.0 Å². The van der Waals surface area contributed by atoms with Gasteiger partial charge >= 0.3 is 0 Å². The standard InChI is InChI=1S/C18H27NO2/c1-11-4-5-13-15(8-11)20-16-14-9-12-6-7-18(14,21-12)10-19(16)17(13,2)3/h6-7,11-16H,4-5,8-10H2,1-3H3/t11-,12-,13-,14+,15-,16+,18+/m1/s1. The van der Waals surface area contributed by atoms with Crippen LogP contribution >= 0.6 is 0 Å². The van der Waals surface area contributed by atoms with E-state index in [9.17, 15) is 0 Å². The van der Waals surface area contributed by atoms with Crippen LogP contribution in [-0.4, -0.2) is 41.0 Å². The summed E-state index contributed by atoms with van der Waals surface area (Å²) >= 11 is 0. The van der Waals surface area contributed by atoms with Crippen molar-refractivity contribution >= 4 is 0 Å². The Hall–Kier alpha value is -0.380. The molecule has 5 rings (SSSR count). The first-order chi connectivity index (χ1) is 9.99. The first-order valence-corrected chi connectivity index (χ1v) is 8.79. The number of ether oxygens (including phenoxy) is 2. The van der Waals surface area contributed by atoms with Crippen molar-refractivity contribution in [1.29, 1.82) is 0 Å². The van der Waals surface area contributed by atoms with Gasteiger partial charge in [0.1, 0.15) is 11.8 Å². The third-order valence-corrected chi connectivity index (χ3v) is 7.16. The van der Waals surface area contributed by atoms with Gasteiger partial charge in [-0.2, -0.15) is 0 Å². The van der Waals surface area contributed by atoms with Crippen LogP contribution in [0.4, 0.5) is 0 Å². The van der Waals surface area contributed by atoms with Gasteiger partial charge in [-0.15, -0.1) is 0 Å². The maximum absolute atomic E-state index is 6.69. The molecule has 21 heavy (non-hydrogen) atoms. The molecule has 3 saturated heterocycles. The Morgan fingerprint density at radius 2 is 2.00 bits per heavy atom. The number of nitrogens with zero attached hydrogens (tertiary/aromatic N) is 1. The van der Waals surface area contributed by atoms with Gasteiger partial charge in [0.05, 0.1) is 12.2 Å². The predicted octanol–water partition coefficient (Wildman–Crippen LogP) is 2.96. The highest BCUT2D eigenvalue weighted by Gasteiger charge is 2.66. The molecular formula is C18H27NO2. The van der Waals surface area contributed by atoms with E-state index in [1.165, 1.54) is 19.3 Å².